The van der Waals surface area contributed by atoms with Crippen LogP contribution in [-0.2, 0) is 10.2 Å². The number of anilines is 1. The molecule has 1 aromatic heterocycles. The van der Waals surface area contributed by atoms with Gasteiger partial charge in [-0.05, 0) is 69.6 Å². The number of nitrogens with zero attached hydrogens (tertiary/aromatic N) is 4. The first-order valence-electron chi connectivity index (χ1n) is 9.06. The lowest BCUT2D eigenvalue weighted by Crippen LogP contribution is -2.43. The molecule has 0 bridgehead atoms. The van der Waals surface area contributed by atoms with Gasteiger partial charge in [0.15, 0.2) is 11.5 Å². The number of benzene rings is 1. The zero-order valence-electron chi connectivity index (χ0n) is 15.8. The third-order valence-corrected chi connectivity index (χ3v) is 6.31. The maximum atomic E-state index is 13.4. The second-order valence-corrected chi connectivity index (χ2v) is 9.16. The van der Waals surface area contributed by atoms with E-state index in [-0.39, 0.29) is 27.7 Å². The molecular formula is C16H21BrFN7O4S. The van der Waals surface area contributed by atoms with E-state index in [0.717, 1.165) is 12.8 Å². The smallest absolute Gasteiger partial charge is 0.276 e. The summed E-state index contributed by atoms with van der Waals surface area (Å²) < 4.78 is 42.7. The Labute approximate surface area is 180 Å². The predicted octanol–water partition coefficient (Wildman–Crippen LogP) is 1.75. The molecule has 0 radical (unpaired) electrons. The Kier molecular flexibility index (Phi) is 7.36. The maximum Gasteiger partial charge on any atom is 0.276 e. The summed E-state index contributed by atoms with van der Waals surface area (Å²) in [4.78, 5) is 4.19. The number of piperidine rings is 1. The van der Waals surface area contributed by atoms with Crippen LogP contribution in [0.15, 0.2) is 32.3 Å². The van der Waals surface area contributed by atoms with Crippen molar-refractivity contribution in [1.29, 1.82) is 0 Å². The first-order chi connectivity index (χ1) is 14.3. The predicted molar refractivity (Wildman–Crippen MR) is 110 cm³/mol. The Balaban J connectivity index is 1.64. The van der Waals surface area contributed by atoms with Gasteiger partial charge in [-0.15, -0.1) is 0 Å². The maximum absolute atomic E-state index is 13.4. The lowest BCUT2D eigenvalue weighted by molar-refractivity contribution is 0.234. The second-order valence-electron chi connectivity index (χ2n) is 6.76. The van der Waals surface area contributed by atoms with Crippen molar-refractivity contribution >= 4 is 43.5 Å². The molecule has 3 rings (SSSR count). The fourth-order valence-electron chi connectivity index (χ4n) is 3.16. The minimum Gasteiger partial charge on any atom is -0.365 e. The summed E-state index contributed by atoms with van der Waals surface area (Å²) in [5.41, 5.74) is 2.43. The van der Waals surface area contributed by atoms with E-state index in [9.17, 15) is 18.0 Å². The third kappa shape index (κ3) is 5.72. The summed E-state index contributed by atoms with van der Waals surface area (Å²) in [5.74, 6) is -0.0962. The average Bonchev–Trinajstić information content (AvgIpc) is 3.17. The van der Waals surface area contributed by atoms with Crippen LogP contribution < -0.4 is 15.9 Å². The third-order valence-electron chi connectivity index (χ3n) is 4.65. The number of hydrogen-bond donors (Lipinski definition) is 4. The van der Waals surface area contributed by atoms with Crippen molar-refractivity contribution in [3.8, 4) is 0 Å². The van der Waals surface area contributed by atoms with Crippen molar-refractivity contribution in [2.45, 2.75) is 19.3 Å². The van der Waals surface area contributed by atoms with Gasteiger partial charge >= 0.3 is 0 Å². The molecule has 5 N–H and O–H groups in total. The summed E-state index contributed by atoms with van der Waals surface area (Å²) >= 11 is 3.07. The molecule has 1 aliphatic rings. The van der Waals surface area contributed by atoms with E-state index in [1.165, 1.54) is 22.5 Å². The monoisotopic (exact) mass is 505 g/mol. The van der Waals surface area contributed by atoms with Crippen LogP contribution >= 0.6 is 15.9 Å². The highest BCUT2D eigenvalue weighted by Gasteiger charge is 2.26. The van der Waals surface area contributed by atoms with E-state index in [1.54, 1.807) is 0 Å². The fraction of sp³-hybridized carbons (Fsp3) is 0.438. The number of rotatable bonds is 7. The molecule has 0 amide bonds. The molecule has 1 aromatic carbocycles. The number of nitrogens with one attached hydrogen (secondary N) is 2. The Hall–Kier alpha value is -2.13. The van der Waals surface area contributed by atoms with Gasteiger partial charge in [-0.1, -0.05) is 0 Å². The van der Waals surface area contributed by atoms with E-state index in [4.69, 9.17) is 9.77 Å². The molecule has 1 fully saturated rings. The molecule has 2 aromatic rings. The minimum atomic E-state index is -3.69. The SMILES string of the molecule is NS(=O)(=O)N1CCCC(CCNc2nonc2C(=Nc2ccc(F)c(Br)c2)NO)C1. The summed E-state index contributed by atoms with van der Waals surface area (Å²) in [7, 11) is -3.69. The number of aromatic nitrogens is 2. The Morgan fingerprint density at radius 2 is 2.27 bits per heavy atom. The normalized spacial score (nSPS) is 18.4. The zero-order chi connectivity index (χ0) is 21.7. The van der Waals surface area contributed by atoms with Gasteiger partial charge in [0.1, 0.15) is 5.82 Å². The Morgan fingerprint density at radius 1 is 1.47 bits per heavy atom. The number of nitrogens with two attached hydrogens (primary N) is 1. The van der Waals surface area contributed by atoms with E-state index in [0.29, 0.717) is 31.7 Å². The van der Waals surface area contributed by atoms with Gasteiger partial charge in [0.05, 0.1) is 10.2 Å². The number of hydrogen-bond acceptors (Lipinski definition) is 8. The first kappa shape index (κ1) is 22.6. The summed E-state index contributed by atoms with van der Waals surface area (Å²) in [5, 5.41) is 25.2. The quantitative estimate of drug-likeness (QED) is 0.251. The van der Waals surface area contributed by atoms with E-state index in [1.807, 2.05) is 5.48 Å². The fourth-order valence-corrected chi connectivity index (χ4v) is 4.33. The van der Waals surface area contributed by atoms with Gasteiger partial charge in [0.2, 0.25) is 5.82 Å². The highest BCUT2D eigenvalue weighted by molar-refractivity contribution is 9.10. The van der Waals surface area contributed by atoms with Crippen LogP contribution in [0.5, 0.6) is 0 Å². The van der Waals surface area contributed by atoms with Crippen molar-refractivity contribution in [2.24, 2.45) is 16.0 Å². The topological polar surface area (TPSA) is 159 Å². The molecule has 30 heavy (non-hydrogen) atoms. The summed E-state index contributed by atoms with van der Waals surface area (Å²) in [6, 6.07) is 4.10. The summed E-state index contributed by atoms with van der Waals surface area (Å²) in [6.45, 7) is 1.27. The van der Waals surface area contributed by atoms with Gasteiger partial charge in [0, 0.05) is 19.6 Å². The number of hydroxylamine groups is 1. The molecule has 1 aliphatic heterocycles. The zero-order valence-corrected chi connectivity index (χ0v) is 18.2. The van der Waals surface area contributed by atoms with Crippen LogP contribution in [0.4, 0.5) is 15.9 Å². The van der Waals surface area contributed by atoms with E-state index in [2.05, 4.69) is 36.6 Å². The number of aliphatic imine (C=N–C) groups is 1. The average molecular weight is 506 g/mol. The van der Waals surface area contributed by atoms with Crippen molar-refractivity contribution in [1.82, 2.24) is 20.1 Å². The standard InChI is InChI=1S/C16H21BrFN7O4S/c17-12-8-11(3-4-13(12)18)21-16(22-26)14-15(24-29-23-14)20-6-5-10-2-1-7-25(9-10)30(19,27)28/h3-4,8,10,26H,1-2,5-7,9H2,(H,20,24)(H,21,22)(H2,19,27,28). The lowest BCUT2D eigenvalue weighted by Gasteiger charge is -2.30. The lowest BCUT2D eigenvalue weighted by atomic mass is 9.96. The van der Waals surface area contributed by atoms with Crippen LogP contribution in [0.25, 0.3) is 0 Å². The minimum absolute atomic E-state index is 0.0460. The van der Waals surface area contributed by atoms with Crippen molar-refractivity contribution in [2.75, 3.05) is 25.0 Å². The molecule has 164 valence electrons. The van der Waals surface area contributed by atoms with Gasteiger partial charge in [-0.25, -0.2) is 19.2 Å². The molecule has 11 nitrogen and oxygen atoms in total. The molecule has 2 heterocycles. The molecule has 0 spiro atoms. The second kappa shape index (κ2) is 9.78. The largest absolute Gasteiger partial charge is 0.365 e. The van der Waals surface area contributed by atoms with Gasteiger partial charge in [-0.2, -0.15) is 12.7 Å². The van der Waals surface area contributed by atoms with E-state index < -0.39 is 16.0 Å². The van der Waals surface area contributed by atoms with Crippen LogP contribution in [0.3, 0.4) is 0 Å². The molecule has 0 aliphatic carbocycles. The van der Waals surface area contributed by atoms with Crippen molar-refractivity contribution < 1.29 is 22.6 Å². The van der Waals surface area contributed by atoms with Crippen LogP contribution in [-0.4, -0.2) is 53.7 Å². The van der Waals surface area contributed by atoms with Crippen LogP contribution in [0, 0.1) is 11.7 Å². The van der Waals surface area contributed by atoms with Crippen LogP contribution in [0.1, 0.15) is 25.0 Å². The van der Waals surface area contributed by atoms with Gasteiger partial charge < -0.3 is 5.32 Å². The molecule has 1 atom stereocenters. The highest BCUT2D eigenvalue weighted by Crippen LogP contribution is 2.24. The summed E-state index contributed by atoms with van der Waals surface area (Å²) in [6.07, 6.45) is 2.31. The molecule has 14 heteroatoms. The highest BCUT2D eigenvalue weighted by atomic mass is 79.9. The Bertz CT molecular complexity index is 1020. The van der Waals surface area contributed by atoms with Crippen molar-refractivity contribution in [3.05, 3.63) is 34.2 Å². The first-order valence-corrected chi connectivity index (χ1v) is 11.4. The number of amidine groups is 1. The van der Waals surface area contributed by atoms with Crippen LogP contribution in [0.2, 0.25) is 0 Å². The van der Waals surface area contributed by atoms with Crippen molar-refractivity contribution in [3.63, 3.8) is 0 Å². The van der Waals surface area contributed by atoms with Gasteiger partial charge in [-0.3, -0.25) is 10.7 Å². The Morgan fingerprint density at radius 3 is 2.97 bits per heavy atom. The molecule has 1 unspecified atom stereocenters. The number of halogens is 2. The van der Waals surface area contributed by atoms with E-state index >= 15 is 0 Å². The molecule has 1 saturated heterocycles. The van der Waals surface area contributed by atoms with Gasteiger partial charge in [0.25, 0.3) is 10.2 Å². The molecule has 0 saturated carbocycles. The molecular weight excluding hydrogens is 485 g/mol.